The van der Waals surface area contributed by atoms with Crippen LogP contribution >= 0.6 is 0 Å². The van der Waals surface area contributed by atoms with Gasteiger partial charge in [0.15, 0.2) is 0 Å². The molecule has 1 aromatic carbocycles. The number of ether oxygens (including phenoxy) is 1. The third-order valence-corrected chi connectivity index (χ3v) is 4.32. The Kier molecular flexibility index (Phi) is 6.78. The molecule has 4 heteroatoms. The van der Waals surface area contributed by atoms with Crippen LogP contribution in [0.15, 0.2) is 43.0 Å². The highest BCUT2D eigenvalue weighted by Gasteiger charge is 2.21. The van der Waals surface area contributed by atoms with Crippen LogP contribution in [0.2, 0.25) is 0 Å². The summed E-state index contributed by atoms with van der Waals surface area (Å²) in [5.74, 6) is 0. The Morgan fingerprint density at radius 1 is 1.17 bits per heavy atom. The van der Waals surface area contributed by atoms with Crippen molar-refractivity contribution < 1.29 is 9.84 Å². The Labute approximate surface area is 140 Å². The summed E-state index contributed by atoms with van der Waals surface area (Å²) in [6.07, 6.45) is 1.32. The maximum absolute atomic E-state index is 10.1. The molecule has 2 rings (SSSR count). The van der Waals surface area contributed by atoms with Gasteiger partial charge in [0.1, 0.15) is 0 Å². The second-order valence-corrected chi connectivity index (χ2v) is 6.83. The highest BCUT2D eigenvalue weighted by molar-refractivity contribution is 5.14. The second kappa shape index (κ2) is 8.60. The molecule has 0 aliphatic carbocycles. The van der Waals surface area contributed by atoms with Gasteiger partial charge >= 0.3 is 0 Å². The second-order valence-electron chi connectivity index (χ2n) is 6.83. The van der Waals surface area contributed by atoms with Crippen molar-refractivity contribution >= 4 is 0 Å². The summed E-state index contributed by atoms with van der Waals surface area (Å²) in [6, 6.07) is 10.6. The molecule has 1 fully saturated rings. The molecule has 0 unspecified atom stereocenters. The number of β-amino-alcohol motifs (C(OH)–C–C–N with tert-alkyl or cyclic N) is 1. The van der Waals surface area contributed by atoms with Gasteiger partial charge in [0.05, 0.1) is 18.3 Å². The Morgan fingerprint density at radius 3 is 2.39 bits per heavy atom. The van der Waals surface area contributed by atoms with Crippen molar-refractivity contribution in [2.45, 2.75) is 32.1 Å². The average molecular weight is 318 g/mol. The van der Waals surface area contributed by atoms with Crippen LogP contribution in [-0.4, -0.2) is 65.9 Å². The maximum Gasteiger partial charge on any atom is 0.0900 e. The lowest BCUT2D eigenvalue weighted by atomic mass is 10.1. The van der Waals surface area contributed by atoms with E-state index in [4.69, 9.17) is 4.74 Å². The van der Waals surface area contributed by atoms with Crippen molar-refractivity contribution in [1.29, 1.82) is 0 Å². The Bertz CT molecular complexity index is 468. The van der Waals surface area contributed by atoms with E-state index in [1.807, 2.05) is 13.8 Å². The molecule has 128 valence electrons. The Morgan fingerprint density at radius 2 is 1.78 bits per heavy atom. The highest BCUT2D eigenvalue weighted by Crippen LogP contribution is 2.12. The van der Waals surface area contributed by atoms with Gasteiger partial charge in [-0.2, -0.15) is 0 Å². The van der Waals surface area contributed by atoms with Gasteiger partial charge in [-0.05, 0) is 19.4 Å². The third kappa shape index (κ3) is 6.43. The summed E-state index contributed by atoms with van der Waals surface area (Å²) in [4.78, 5) is 4.78. The number of piperazine rings is 1. The molecule has 1 N–H and O–H groups in total. The van der Waals surface area contributed by atoms with Crippen LogP contribution in [0.5, 0.6) is 0 Å². The fourth-order valence-electron chi connectivity index (χ4n) is 2.69. The standard InChI is InChI=1S/C19H30N2O2/c1-4-19(2,3)23-16-18(22)15-21-12-10-20(11-13-21)14-17-8-6-5-7-9-17/h4-9,18,22H,1,10-16H2,2-3H3/t18-/m0/s1. The third-order valence-electron chi connectivity index (χ3n) is 4.32. The van der Waals surface area contributed by atoms with Gasteiger partial charge in [-0.3, -0.25) is 9.80 Å². The molecule has 1 atom stereocenters. The van der Waals surface area contributed by atoms with Crippen LogP contribution in [-0.2, 0) is 11.3 Å². The van der Waals surface area contributed by atoms with E-state index < -0.39 is 6.10 Å². The van der Waals surface area contributed by atoms with E-state index in [1.165, 1.54) is 5.56 Å². The van der Waals surface area contributed by atoms with Crippen molar-refractivity contribution in [2.75, 3.05) is 39.3 Å². The molecule has 1 heterocycles. The van der Waals surface area contributed by atoms with Crippen molar-refractivity contribution in [2.24, 2.45) is 0 Å². The predicted molar refractivity (Wildman–Crippen MR) is 94.4 cm³/mol. The van der Waals surface area contributed by atoms with E-state index in [1.54, 1.807) is 6.08 Å². The average Bonchev–Trinajstić information content (AvgIpc) is 2.56. The van der Waals surface area contributed by atoms with Crippen LogP contribution in [0.4, 0.5) is 0 Å². The molecule has 0 saturated carbocycles. The van der Waals surface area contributed by atoms with E-state index in [2.05, 4.69) is 46.7 Å². The molecule has 1 aromatic rings. The number of rotatable bonds is 8. The van der Waals surface area contributed by atoms with Gasteiger partial charge in [-0.15, -0.1) is 6.58 Å². The Balaban J connectivity index is 1.67. The zero-order valence-corrected chi connectivity index (χ0v) is 14.4. The Hall–Kier alpha value is -1.20. The van der Waals surface area contributed by atoms with Crippen LogP contribution in [0.25, 0.3) is 0 Å². The topological polar surface area (TPSA) is 35.9 Å². The fraction of sp³-hybridized carbons (Fsp3) is 0.579. The first-order chi connectivity index (χ1) is 11.0. The lowest BCUT2D eigenvalue weighted by molar-refractivity contribution is -0.0451. The van der Waals surface area contributed by atoms with Gasteiger partial charge in [-0.25, -0.2) is 0 Å². The van der Waals surface area contributed by atoms with Gasteiger partial charge in [0.2, 0.25) is 0 Å². The molecule has 23 heavy (non-hydrogen) atoms. The maximum atomic E-state index is 10.1. The van der Waals surface area contributed by atoms with E-state index in [-0.39, 0.29) is 5.60 Å². The number of hydrogen-bond acceptors (Lipinski definition) is 4. The normalized spacial score (nSPS) is 18.7. The molecule has 0 spiro atoms. The molecule has 1 saturated heterocycles. The van der Waals surface area contributed by atoms with Gasteiger partial charge in [0, 0.05) is 39.3 Å². The molecular weight excluding hydrogens is 288 g/mol. The summed E-state index contributed by atoms with van der Waals surface area (Å²) < 4.78 is 5.68. The number of aliphatic hydroxyl groups excluding tert-OH is 1. The van der Waals surface area contributed by atoms with Gasteiger partial charge in [0.25, 0.3) is 0 Å². The van der Waals surface area contributed by atoms with E-state index >= 15 is 0 Å². The van der Waals surface area contributed by atoms with Gasteiger partial charge < -0.3 is 9.84 Å². The lowest BCUT2D eigenvalue weighted by Gasteiger charge is -2.36. The zero-order chi connectivity index (χ0) is 16.7. The van der Waals surface area contributed by atoms with Crippen LogP contribution < -0.4 is 0 Å². The smallest absolute Gasteiger partial charge is 0.0900 e. The quantitative estimate of drug-likeness (QED) is 0.745. The largest absolute Gasteiger partial charge is 0.389 e. The van der Waals surface area contributed by atoms with Gasteiger partial charge in [-0.1, -0.05) is 36.4 Å². The number of benzene rings is 1. The molecular formula is C19H30N2O2. The molecule has 1 aliphatic rings. The summed E-state index contributed by atoms with van der Waals surface area (Å²) in [5, 5.41) is 10.1. The minimum atomic E-state index is -0.449. The molecule has 0 aromatic heterocycles. The number of nitrogens with zero attached hydrogens (tertiary/aromatic N) is 2. The van der Waals surface area contributed by atoms with Crippen molar-refractivity contribution in [3.8, 4) is 0 Å². The van der Waals surface area contributed by atoms with Crippen LogP contribution in [0.3, 0.4) is 0 Å². The summed E-state index contributed by atoms with van der Waals surface area (Å²) in [6.45, 7) is 13.8. The first kappa shape index (κ1) is 18.1. The minimum Gasteiger partial charge on any atom is -0.389 e. The molecule has 0 bridgehead atoms. The molecule has 1 aliphatic heterocycles. The fourth-order valence-corrected chi connectivity index (χ4v) is 2.69. The minimum absolute atomic E-state index is 0.350. The van der Waals surface area contributed by atoms with E-state index in [9.17, 15) is 5.11 Å². The molecule has 4 nitrogen and oxygen atoms in total. The summed E-state index contributed by atoms with van der Waals surface area (Å²) >= 11 is 0. The van der Waals surface area contributed by atoms with Crippen LogP contribution in [0, 0.1) is 0 Å². The van der Waals surface area contributed by atoms with Crippen molar-refractivity contribution in [3.05, 3.63) is 48.6 Å². The molecule has 0 radical (unpaired) electrons. The zero-order valence-electron chi connectivity index (χ0n) is 14.4. The number of aliphatic hydroxyl groups is 1. The van der Waals surface area contributed by atoms with E-state index in [0.717, 1.165) is 32.7 Å². The van der Waals surface area contributed by atoms with Crippen molar-refractivity contribution in [1.82, 2.24) is 9.80 Å². The van der Waals surface area contributed by atoms with E-state index in [0.29, 0.717) is 13.2 Å². The first-order valence-electron chi connectivity index (χ1n) is 8.43. The van der Waals surface area contributed by atoms with Crippen molar-refractivity contribution in [3.63, 3.8) is 0 Å². The van der Waals surface area contributed by atoms with Crippen LogP contribution in [0.1, 0.15) is 19.4 Å². The summed E-state index contributed by atoms with van der Waals surface area (Å²) in [5.41, 5.74) is 0.982. The predicted octanol–water partition coefficient (Wildman–Crippen LogP) is 2.15. The summed E-state index contributed by atoms with van der Waals surface area (Å²) in [7, 11) is 0. The molecule has 0 amide bonds. The first-order valence-corrected chi connectivity index (χ1v) is 8.43. The number of hydrogen-bond donors (Lipinski definition) is 1. The lowest BCUT2D eigenvalue weighted by Crippen LogP contribution is -2.48. The highest BCUT2D eigenvalue weighted by atomic mass is 16.5. The SMILES string of the molecule is C=CC(C)(C)OC[C@@H](O)CN1CCN(Cc2ccccc2)CC1. The monoisotopic (exact) mass is 318 g/mol.